The van der Waals surface area contributed by atoms with Gasteiger partial charge in [0.1, 0.15) is 12.7 Å². The summed E-state index contributed by atoms with van der Waals surface area (Å²) in [6.45, 7) is 7.31. The Kier molecular flexibility index (Phi) is 11.2. The minimum absolute atomic E-state index is 0.0337. The molecule has 9 heteroatoms. The van der Waals surface area contributed by atoms with E-state index in [2.05, 4.69) is 20.1 Å². The maximum atomic E-state index is 12.8. The zero-order chi connectivity index (χ0) is 34.2. The number of fused-ring (bicyclic) bond motifs is 5. The molecule has 0 aromatic rings. The summed E-state index contributed by atoms with van der Waals surface area (Å²) in [4.78, 5) is 17.1. The van der Waals surface area contributed by atoms with E-state index in [1.165, 1.54) is 44.9 Å². The Bertz CT molecular complexity index is 1180. The predicted molar refractivity (Wildman–Crippen MR) is 183 cm³/mol. The van der Waals surface area contributed by atoms with Crippen molar-refractivity contribution in [3.63, 3.8) is 0 Å². The molecule has 6 aliphatic rings. The summed E-state index contributed by atoms with van der Waals surface area (Å²) in [7, 11) is 0. The Morgan fingerprint density at radius 2 is 1.69 bits per heavy atom. The lowest BCUT2D eigenvalue weighted by Crippen LogP contribution is -2.69. The summed E-state index contributed by atoms with van der Waals surface area (Å²) in [6, 6.07) is 0. The molecular weight excluding hydrogens is 610 g/mol. The highest BCUT2D eigenvalue weighted by Gasteiger charge is 2.71. The molecule has 0 amide bonds. The van der Waals surface area contributed by atoms with Gasteiger partial charge in [0.05, 0.1) is 29.5 Å². The summed E-state index contributed by atoms with van der Waals surface area (Å²) in [5.41, 5.74) is -1.80. The molecule has 9 nitrogen and oxygen atoms in total. The van der Waals surface area contributed by atoms with E-state index in [-0.39, 0.29) is 41.7 Å². The normalized spacial score (nSPS) is 45.8. The number of carbonyl (C=O) groups excluding carboxylic acids is 1. The van der Waals surface area contributed by atoms with E-state index in [1.807, 2.05) is 0 Å². The molecule has 0 aromatic heterocycles. The standard InChI is InChI=1S/C39H63NO8/c1-4-5-6-7-8-9-10-11-20-40-25-37-17-12-28(48-34-22-32(41)35(43)26(2)47-34)23-38(37,44)18-14-31-30(37)13-16-36(3)29(15-19-39(31,36)45)27-21-33(42)46-24-27/h21,25-26,28-32,34-35,41,43-45H,4-20,22-24H2,1-3H3/t26-,28-,29+,30-,31+,32-,34+,35+,36+,37-,38-,39-/m0/s1. The average Bonchev–Trinajstić information content (AvgIpc) is 3.60. The van der Waals surface area contributed by atoms with E-state index in [0.717, 1.165) is 50.6 Å². The summed E-state index contributed by atoms with van der Waals surface area (Å²) >= 11 is 0. The summed E-state index contributed by atoms with van der Waals surface area (Å²) in [5, 5.41) is 46.1. The number of carbonyl (C=O) groups is 1. The molecule has 0 unspecified atom stereocenters. The minimum atomic E-state index is -1.03. The summed E-state index contributed by atoms with van der Waals surface area (Å²) < 4.78 is 17.6. The molecule has 4 saturated carbocycles. The third kappa shape index (κ3) is 6.58. The lowest BCUT2D eigenvalue weighted by molar-refractivity contribution is -0.282. The number of esters is 1. The van der Waals surface area contributed by atoms with Crippen LogP contribution in [0.25, 0.3) is 0 Å². The predicted octanol–water partition coefficient (Wildman–Crippen LogP) is 5.79. The van der Waals surface area contributed by atoms with Gasteiger partial charge in [-0.05, 0) is 88.0 Å². The largest absolute Gasteiger partial charge is 0.458 e. The van der Waals surface area contributed by atoms with Crippen LogP contribution in [0.2, 0.25) is 0 Å². The van der Waals surface area contributed by atoms with Gasteiger partial charge in [0.25, 0.3) is 0 Å². The van der Waals surface area contributed by atoms with Crippen LogP contribution in [0.3, 0.4) is 0 Å². The van der Waals surface area contributed by atoms with Crippen molar-refractivity contribution in [3.8, 4) is 0 Å². The highest BCUT2D eigenvalue weighted by atomic mass is 16.7. The molecule has 272 valence electrons. The number of rotatable bonds is 13. The lowest BCUT2D eigenvalue weighted by Gasteiger charge is -2.66. The third-order valence-electron chi connectivity index (χ3n) is 14.1. The van der Waals surface area contributed by atoms with Crippen molar-refractivity contribution >= 4 is 12.2 Å². The molecule has 1 saturated heterocycles. The molecule has 2 aliphatic heterocycles. The smallest absolute Gasteiger partial charge is 0.331 e. The first-order valence-corrected chi connectivity index (χ1v) is 19.5. The van der Waals surface area contributed by atoms with Gasteiger partial charge in [-0.15, -0.1) is 0 Å². The molecule has 4 aliphatic carbocycles. The maximum Gasteiger partial charge on any atom is 0.331 e. The number of hydrogen-bond acceptors (Lipinski definition) is 9. The Morgan fingerprint density at radius 1 is 0.958 bits per heavy atom. The van der Waals surface area contributed by atoms with Gasteiger partial charge in [-0.1, -0.05) is 58.8 Å². The molecule has 48 heavy (non-hydrogen) atoms. The minimum Gasteiger partial charge on any atom is -0.458 e. The summed E-state index contributed by atoms with van der Waals surface area (Å²) in [5.74, 6) is -0.0240. The number of hydrogen-bond donors (Lipinski definition) is 4. The first-order valence-electron chi connectivity index (χ1n) is 19.5. The second kappa shape index (κ2) is 14.7. The molecule has 2 heterocycles. The van der Waals surface area contributed by atoms with Gasteiger partial charge >= 0.3 is 5.97 Å². The van der Waals surface area contributed by atoms with Crippen molar-refractivity contribution in [2.24, 2.45) is 33.6 Å². The van der Waals surface area contributed by atoms with Crippen LogP contribution < -0.4 is 0 Å². The van der Waals surface area contributed by atoms with Gasteiger partial charge in [-0.3, -0.25) is 4.99 Å². The molecule has 6 rings (SSSR count). The second-order valence-electron chi connectivity index (χ2n) is 16.7. The first kappa shape index (κ1) is 36.4. The van der Waals surface area contributed by atoms with Crippen molar-refractivity contribution in [1.29, 1.82) is 0 Å². The molecule has 5 fully saturated rings. The Balaban J connectivity index is 1.19. The van der Waals surface area contributed by atoms with Crippen LogP contribution in [0, 0.1) is 28.6 Å². The fourth-order valence-electron chi connectivity index (χ4n) is 11.3. The topological polar surface area (TPSA) is 138 Å². The second-order valence-corrected chi connectivity index (χ2v) is 16.7. The molecule has 0 spiro atoms. The number of unbranched alkanes of at least 4 members (excludes halogenated alkanes) is 7. The number of nitrogens with zero attached hydrogens (tertiary/aromatic N) is 1. The number of cyclic esters (lactones) is 1. The van der Waals surface area contributed by atoms with Crippen LogP contribution in [0.15, 0.2) is 16.6 Å². The van der Waals surface area contributed by atoms with Crippen molar-refractivity contribution in [2.45, 2.75) is 178 Å². The Hall–Kier alpha value is -1.36. The highest BCUT2D eigenvalue weighted by Crippen LogP contribution is 2.70. The highest BCUT2D eigenvalue weighted by molar-refractivity contribution is 5.85. The lowest BCUT2D eigenvalue weighted by atomic mass is 9.41. The van der Waals surface area contributed by atoms with Gasteiger partial charge in [0.2, 0.25) is 0 Å². The van der Waals surface area contributed by atoms with Gasteiger partial charge < -0.3 is 34.6 Å². The Labute approximate surface area is 287 Å². The molecule has 0 aromatic carbocycles. The number of aliphatic hydroxyl groups is 4. The van der Waals surface area contributed by atoms with Crippen molar-refractivity contribution in [2.75, 3.05) is 13.2 Å². The zero-order valence-corrected chi connectivity index (χ0v) is 29.8. The van der Waals surface area contributed by atoms with Crippen LogP contribution in [-0.4, -0.2) is 87.7 Å². The monoisotopic (exact) mass is 673 g/mol. The van der Waals surface area contributed by atoms with E-state index in [4.69, 9.17) is 19.2 Å². The van der Waals surface area contributed by atoms with Crippen LogP contribution in [-0.2, 0) is 19.0 Å². The molecule has 4 N–H and O–H groups in total. The summed E-state index contributed by atoms with van der Waals surface area (Å²) in [6.07, 6.45) is 17.2. The molecule has 0 bridgehead atoms. The SMILES string of the molecule is CCCCCCCCCCN=C[C@]12CC[C@H](O[C@@H]3C[C@H](O)[C@H](O)[C@H](C)O3)C[C@@]1(O)CC[C@@H]1[C@@H]2CC[C@]2(C)[C@@H](C3=CC(=O)OC3)CC[C@]12O. The molecule has 0 radical (unpaired) electrons. The van der Waals surface area contributed by atoms with E-state index in [1.54, 1.807) is 13.0 Å². The van der Waals surface area contributed by atoms with Gasteiger partial charge in [-0.25, -0.2) is 4.79 Å². The van der Waals surface area contributed by atoms with Crippen molar-refractivity contribution in [3.05, 3.63) is 11.6 Å². The molecular formula is C39H63NO8. The van der Waals surface area contributed by atoms with Crippen molar-refractivity contribution in [1.82, 2.24) is 0 Å². The van der Waals surface area contributed by atoms with E-state index in [9.17, 15) is 25.2 Å². The quantitative estimate of drug-likeness (QED) is 0.0835. The number of ether oxygens (including phenoxy) is 3. The molecule has 12 atom stereocenters. The van der Waals surface area contributed by atoms with Crippen LogP contribution in [0.5, 0.6) is 0 Å². The maximum absolute atomic E-state index is 12.8. The van der Waals surface area contributed by atoms with Gasteiger partial charge in [0, 0.05) is 42.5 Å². The first-order chi connectivity index (χ1) is 23.0. The van der Waals surface area contributed by atoms with Crippen LogP contribution in [0.4, 0.5) is 0 Å². The van der Waals surface area contributed by atoms with E-state index in [0.29, 0.717) is 32.3 Å². The zero-order valence-electron chi connectivity index (χ0n) is 29.8. The third-order valence-corrected chi connectivity index (χ3v) is 14.1. The fraction of sp³-hybridized carbons (Fsp3) is 0.897. The van der Waals surface area contributed by atoms with Gasteiger partial charge in [-0.2, -0.15) is 0 Å². The Morgan fingerprint density at radius 3 is 2.40 bits per heavy atom. The fourth-order valence-corrected chi connectivity index (χ4v) is 11.3. The average molecular weight is 674 g/mol. The number of aliphatic hydroxyl groups excluding tert-OH is 2. The van der Waals surface area contributed by atoms with Crippen LogP contribution in [0.1, 0.15) is 136 Å². The van der Waals surface area contributed by atoms with Gasteiger partial charge in [0.15, 0.2) is 6.29 Å². The van der Waals surface area contributed by atoms with Crippen LogP contribution >= 0.6 is 0 Å². The number of aliphatic imine (C=N–C) groups is 1. The van der Waals surface area contributed by atoms with Crippen molar-refractivity contribution < 1.29 is 39.4 Å². The van der Waals surface area contributed by atoms with E-state index < -0.39 is 41.2 Å². The van der Waals surface area contributed by atoms with E-state index >= 15 is 0 Å².